The molecule has 1 saturated heterocycles. The molecule has 0 unspecified atom stereocenters. The molecule has 1 amide bonds. The van der Waals surface area contributed by atoms with Crippen LogP contribution in [0.4, 0.5) is 11.4 Å². The first kappa shape index (κ1) is 26.7. The molecule has 2 aromatic carbocycles. The molecule has 10 heteroatoms. The van der Waals surface area contributed by atoms with E-state index in [0.717, 1.165) is 22.5 Å². The normalized spacial score (nSPS) is 16.7. The largest absolute Gasteiger partial charge is 0.495 e. The van der Waals surface area contributed by atoms with Gasteiger partial charge in [-0.05, 0) is 79.3 Å². The number of carbonyl (C=O) groups is 1. The Kier molecular flexibility index (Phi) is 7.83. The maximum Gasteiger partial charge on any atom is 0.250 e. The summed E-state index contributed by atoms with van der Waals surface area (Å²) in [5.74, 6) is 1.60. The summed E-state index contributed by atoms with van der Waals surface area (Å²) in [6.45, 7) is 1.93. The first-order valence-corrected chi connectivity index (χ1v) is 13.0. The lowest BCUT2D eigenvalue weighted by atomic mass is 10.0. The molecule has 4 aromatic rings. The van der Waals surface area contributed by atoms with Gasteiger partial charge in [-0.15, -0.1) is 0 Å². The van der Waals surface area contributed by atoms with E-state index in [1.807, 2.05) is 72.5 Å². The molecule has 1 aliphatic heterocycles. The summed E-state index contributed by atoms with van der Waals surface area (Å²) >= 11 is 12.1. The number of ether oxygens (including phenoxy) is 2. The molecule has 200 valence electrons. The highest BCUT2D eigenvalue weighted by Gasteiger charge is 2.43. The van der Waals surface area contributed by atoms with Crippen LogP contribution in [-0.4, -0.2) is 36.8 Å². The van der Waals surface area contributed by atoms with E-state index < -0.39 is 0 Å². The number of carbonyl (C=O) groups excluding carboxylic acids is 1. The molecule has 1 fully saturated rings. The van der Waals surface area contributed by atoms with Crippen molar-refractivity contribution in [2.24, 2.45) is 0 Å². The Bertz CT molecular complexity index is 1510. The minimum Gasteiger partial charge on any atom is -0.495 e. The second-order valence-corrected chi connectivity index (χ2v) is 9.85. The van der Waals surface area contributed by atoms with E-state index in [0.29, 0.717) is 33.1 Å². The fourth-order valence-corrected chi connectivity index (χ4v) is 5.22. The number of benzene rings is 2. The Hall–Kier alpha value is -3.92. The predicted molar refractivity (Wildman–Crippen MR) is 155 cm³/mol. The Morgan fingerprint density at radius 2 is 2.00 bits per heavy atom. The van der Waals surface area contributed by atoms with Gasteiger partial charge in [0.25, 0.3) is 0 Å². The number of methoxy groups -OCH3 is 2. The van der Waals surface area contributed by atoms with Crippen molar-refractivity contribution in [1.82, 2.24) is 10.3 Å². The summed E-state index contributed by atoms with van der Waals surface area (Å²) in [6, 6.07) is 20.2. The lowest BCUT2D eigenvalue weighted by Crippen LogP contribution is -2.29. The van der Waals surface area contributed by atoms with Crippen LogP contribution in [0, 0.1) is 6.92 Å². The Morgan fingerprint density at radius 1 is 1.15 bits per heavy atom. The maximum atomic E-state index is 12.3. The van der Waals surface area contributed by atoms with Crippen molar-refractivity contribution >= 4 is 46.2 Å². The van der Waals surface area contributed by atoms with E-state index in [1.54, 1.807) is 19.4 Å². The summed E-state index contributed by atoms with van der Waals surface area (Å²) in [5, 5.41) is 7.39. The van der Waals surface area contributed by atoms with Crippen LogP contribution in [0.1, 0.15) is 29.1 Å². The first-order valence-electron chi connectivity index (χ1n) is 12.2. The fraction of sp³-hybridized carbons (Fsp3) is 0.207. The summed E-state index contributed by atoms with van der Waals surface area (Å²) < 4.78 is 16.9. The number of thiocarbonyl (C=S) groups is 1. The zero-order chi connectivity index (χ0) is 27.5. The zero-order valence-electron chi connectivity index (χ0n) is 21.6. The maximum absolute atomic E-state index is 12.3. The number of anilines is 2. The standard InChI is InChI=1S/C29H27ClN4O4S/c1-17-7-8-18(30)14-20(17)23-11-12-25(38-23)28-27(21-6-4-5-13-31-21)33-29(39)34(28)19-9-10-24(37-3)22(15-19)32-26(35)16-36-2/h4-15,27-28H,16H2,1-3H3,(H,32,35)(H,33,39)/t27-,28+/m1/s1. The van der Waals surface area contributed by atoms with E-state index in [1.165, 1.54) is 7.11 Å². The molecule has 0 bridgehead atoms. The van der Waals surface area contributed by atoms with Crippen LogP contribution in [0.25, 0.3) is 11.3 Å². The second-order valence-electron chi connectivity index (χ2n) is 9.02. The monoisotopic (exact) mass is 562 g/mol. The van der Waals surface area contributed by atoms with E-state index in [-0.39, 0.29) is 24.6 Å². The van der Waals surface area contributed by atoms with Crippen molar-refractivity contribution in [3.8, 4) is 17.1 Å². The molecule has 0 radical (unpaired) electrons. The highest BCUT2D eigenvalue weighted by atomic mass is 35.5. The molecule has 1 aliphatic rings. The summed E-state index contributed by atoms with van der Waals surface area (Å²) in [7, 11) is 3.01. The van der Waals surface area contributed by atoms with Gasteiger partial charge in [-0.3, -0.25) is 9.78 Å². The highest BCUT2D eigenvalue weighted by molar-refractivity contribution is 7.80. The zero-order valence-corrected chi connectivity index (χ0v) is 23.2. The Morgan fingerprint density at radius 3 is 2.74 bits per heavy atom. The SMILES string of the molecule is COCC(=O)Nc1cc(N2C(=S)N[C@H](c3ccccn3)[C@@H]2c2ccc(-c3cc(Cl)ccc3C)o2)ccc1OC. The molecule has 5 rings (SSSR count). The van der Waals surface area contributed by atoms with Gasteiger partial charge in [0, 0.05) is 29.6 Å². The van der Waals surface area contributed by atoms with Crippen LogP contribution in [0.5, 0.6) is 5.75 Å². The molecule has 0 saturated carbocycles. The Balaban J connectivity index is 1.59. The molecular weight excluding hydrogens is 536 g/mol. The number of rotatable bonds is 8. The third kappa shape index (κ3) is 5.47. The number of amides is 1. The van der Waals surface area contributed by atoms with Crippen molar-refractivity contribution < 1.29 is 18.7 Å². The summed E-state index contributed by atoms with van der Waals surface area (Å²) in [5.41, 5.74) is 4.00. The van der Waals surface area contributed by atoms with Gasteiger partial charge in [0.2, 0.25) is 5.91 Å². The van der Waals surface area contributed by atoms with Crippen LogP contribution in [0.15, 0.2) is 77.3 Å². The van der Waals surface area contributed by atoms with Gasteiger partial charge in [0.05, 0.1) is 24.5 Å². The number of halogens is 1. The van der Waals surface area contributed by atoms with Crippen LogP contribution >= 0.6 is 23.8 Å². The lowest BCUT2D eigenvalue weighted by molar-refractivity contribution is -0.119. The number of nitrogens with zero attached hydrogens (tertiary/aromatic N) is 2. The van der Waals surface area contributed by atoms with Gasteiger partial charge in [0.1, 0.15) is 29.9 Å². The van der Waals surface area contributed by atoms with Crippen molar-refractivity contribution in [2.45, 2.75) is 19.0 Å². The molecule has 3 heterocycles. The van der Waals surface area contributed by atoms with Crippen LogP contribution in [0.3, 0.4) is 0 Å². The quantitative estimate of drug-likeness (QED) is 0.250. The van der Waals surface area contributed by atoms with E-state index in [9.17, 15) is 4.79 Å². The van der Waals surface area contributed by atoms with Crippen molar-refractivity contribution in [3.05, 3.63) is 95.0 Å². The highest BCUT2D eigenvalue weighted by Crippen LogP contribution is 2.44. The molecule has 0 spiro atoms. The molecule has 0 aliphatic carbocycles. The van der Waals surface area contributed by atoms with E-state index >= 15 is 0 Å². The van der Waals surface area contributed by atoms with Crippen molar-refractivity contribution in [1.29, 1.82) is 0 Å². The number of hydrogen-bond acceptors (Lipinski definition) is 6. The topological polar surface area (TPSA) is 88.9 Å². The average Bonchev–Trinajstić information content (AvgIpc) is 3.55. The third-order valence-electron chi connectivity index (χ3n) is 6.49. The molecule has 8 nitrogen and oxygen atoms in total. The van der Waals surface area contributed by atoms with Gasteiger partial charge in [0.15, 0.2) is 5.11 Å². The van der Waals surface area contributed by atoms with Crippen molar-refractivity contribution in [3.63, 3.8) is 0 Å². The number of nitrogens with one attached hydrogen (secondary N) is 2. The lowest BCUT2D eigenvalue weighted by Gasteiger charge is -2.27. The minimum absolute atomic E-state index is 0.0838. The second kappa shape index (κ2) is 11.4. The molecule has 39 heavy (non-hydrogen) atoms. The molecule has 2 aromatic heterocycles. The number of aryl methyl sites for hydroxylation is 1. The van der Waals surface area contributed by atoms with Crippen molar-refractivity contribution in [2.75, 3.05) is 31.0 Å². The van der Waals surface area contributed by atoms with Gasteiger partial charge < -0.3 is 29.4 Å². The average molecular weight is 563 g/mol. The molecule has 2 N–H and O–H groups in total. The number of hydrogen-bond donors (Lipinski definition) is 2. The number of pyridine rings is 1. The third-order valence-corrected chi connectivity index (χ3v) is 7.04. The van der Waals surface area contributed by atoms with E-state index in [4.69, 9.17) is 37.7 Å². The Labute approximate surface area is 236 Å². The van der Waals surface area contributed by atoms with Crippen LogP contribution in [0.2, 0.25) is 5.02 Å². The summed E-state index contributed by atoms with van der Waals surface area (Å²) in [4.78, 5) is 18.9. The first-order chi connectivity index (χ1) is 18.9. The smallest absolute Gasteiger partial charge is 0.250 e. The van der Waals surface area contributed by atoms with Crippen LogP contribution in [-0.2, 0) is 9.53 Å². The number of aromatic nitrogens is 1. The predicted octanol–water partition coefficient (Wildman–Crippen LogP) is 6.07. The minimum atomic E-state index is -0.378. The van der Waals surface area contributed by atoms with E-state index in [2.05, 4.69) is 15.6 Å². The van der Waals surface area contributed by atoms with Gasteiger partial charge >= 0.3 is 0 Å². The number of furan rings is 1. The van der Waals surface area contributed by atoms with Crippen LogP contribution < -0.4 is 20.3 Å². The van der Waals surface area contributed by atoms with Gasteiger partial charge in [-0.25, -0.2) is 0 Å². The fourth-order valence-electron chi connectivity index (χ4n) is 4.70. The molecule has 2 atom stereocenters. The van der Waals surface area contributed by atoms with Gasteiger partial charge in [-0.2, -0.15) is 0 Å². The summed E-state index contributed by atoms with van der Waals surface area (Å²) in [6.07, 6.45) is 1.75. The van der Waals surface area contributed by atoms with Gasteiger partial charge in [-0.1, -0.05) is 23.7 Å². The molecular formula is C29H27ClN4O4S.